The van der Waals surface area contributed by atoms with Crippen molar-refractivity contribution >= 4 is 11.3 Å². The van der Waals surface area contributed by atoms with Crippen LogP contribution in [0.4, 0.5) is 0 Å². The SMILES string of the molecule is CC(C)(C)CC(CO)NCc1nc2c(s1)CCC2. The van der Waals surface area contributed by atoms with Gasteiger partial charge in [-0.3, -0.25) is 0 Å². The van der Waals surface area contributed by atoms with Crippen LogP contribution >= 0.6 is 11.3 Å². The molecule has 0 saturated carbocycles. The molecule has 0 spiro atoms. The Balaban J connectivity index is 1.85. The molecule has 2 rings (SSSR count). The molecule has 0 radical (unpaired) electrons. The quantitative estimate of drug-likeness (QED) is 0.862. The number of hydrogen-bond donors (Lipinski definition) is 2. The lowest BCUT2D eigenvalue weighted by Gasteiger charge is -2.25. The van der Waals surface area contributed by atoms with Crippen molar-refractivity contribution in [2.75, 3.05) is 6.61 Å². The van der Waals surface area contributed by atoms with Crippen LogP contribution in [0.25, 0.3) is 0 Å². The lowest BCUT2D eigenvalue weighted by atomic mass is 9.88. The molecule has 1 heterocycles. The predicted octanol–water partition coefficient (Wildman–Crippen LogP) is 2.52. The minimum atomic E-state index is 0.170. The summed E-state index contributed by atoms with van der Waals surface area (Å²) in [6.45, 7) is 7.60. The van der Waals surface area contributed by atoms with Crippen LogP contribution in [-0.2, 0) is 19.4 Å². The Bertz CT molecular complexity index is 373. The first-order chi connectivity index (χ1) is 8.48. The van der Waals surface area contributed by atoms with Gasteiger partial charge in [-0.15, -0.1) is 11.3 Å². The molecule has 0 saturated heterocycles. The summed E-state index contributed by atoms with van der Waals surface area (Å²) in [7, 11) is 0. The first-order valence-corrected chi connectivity index (χ1v) is 7.61. The van der Waals surface area contributed by atoms with E-state index in [1.165, 1.54) is 28.4 Å². The smallest absolute Gasteiger partial charge is 0.107 e. The molecule has 0 aliphatic heterocycles. The van der Waals surface area contributed by atoms with Crippen LogP contribution in [0.1, 0.15) is 49.2 Å². The molecule has 2 N–H and O–H groups in total. The molecule has 1 aromatic heterocycles. The highest BCUT2D eigenvalue weighted by Crippen LogP contribution is 2.27. The number of thiazole rings is 1. The lowest BCUT2D eigenvalue weighted by Crippen LogP contribution is -2.35. The van der Waals surface area contributed by atoms with Gasteiger partial charge in [0.1, 0.15) is 5.01 Å². The maximum Gasteiger partial charge on any atom is 0.107 e. The van der Waals surface area contributed by atoms with Gasteiger partial charge in [0.15, 0.2) is 0 Å². The molecule has 102 valence electrons. The van der Waals surface area contributed by atoms with Gasteiger partial charge in [-0.25, -0.2) is 4.98 Å². The van der Waals surface area contributed by atoms with Gasteiger partial charge in [0.2, 0.25) is 0 Å². The van der Waals surface area contributed by atoms with E-state index in [1.54, 1.807) is 0 Å². The Labute approximate surface area is 114 Å². The van der Waals surface area contributed by atoms with E-state index in [0.29, 0.717) is 0 Å². The number of aliphatic hydroxyl groups excluding tert-OH is 1. The molecule has 0 amide bonds. The molecule has 0 aromatic carbocycles. The van der Waals surface area contributed by atoms with Gasteiger partial charge in [0, 0.05) is 17.5 Å². The first kappa shape index (κ1) is 14.0. The van der Waals surface area contributed by atoms with E-state index in [1.807, 2.05) is 11.3 Å². The normalized spacial score (nSPS) is 16.9. The van der Waals surface area contributed by atoms with Crippen LogP contribution in [-0.4, -0.2) is 22.7 Å². The topological polar surface area (TPSA) is 45.1 Å². The van der Waals surface area contributed by atoms with Gasteiger partial charge in [-0.2, -0.15) is 0 Å². The van der Waals surface area contributed by atoms with Gasteiger partial charge in [0.05, 0.1) is 12.3 Å². The van der Waals surface area contributed by atoms with Crippen LogP contribution in [0, 0.1) is 5.41 Å². The summed E-state index contributed by atoms with van der Waals surface area (Å²) >= 11 is 1.84. The summed E-state index contributed by atoms with van der Waals surface area (Å²) in [4.78, 5) is 6.14. The van der Waals surface area contributed by atoms with Gasteiger partial charge < -0.3 is 10.4 Å². The van der Waals surface area contributed by atoms with E-state index in [0.717, 1.165) is 19.4 Å². The zero-order valence-electron chi connectivity index (χ0n) is 11.6. The molecule has 1 unspecified atom stereocenters. The summed E-state index contributed by atoms with van der Waals surface area (Å²) in [6.07, 6.45) is 4.61. The summed E-state index contributed by atoms with van der Waals surface area (Å²) in [5, 5.41) is 14.0. The van der Waals surface area contributed by atoms with E-state index in [2.05, 4.69) is 31.1 Å². The minimum absolute atomic E-state index is 0.170. The van der Waals surface area contributed by atoms with Crippen molar-refractivity contribution in [2.24, 2.45) is 5.41 Å². The van der Waals surface area contributed by atoms with Gasteiger partial charge >= 0.3 is 0 Å². The highest BCUT2D eigenvalue weighted by molar-refractivity contribution is 7.11. The van der Waals surface area contributed by atoms with Crippen molar-refractivity contribution in [3.05, 3.63) is 15.6 Å². The van der Waals surface area contributed by atoms with E-state index in [9.17, 15) is 5.11 Å². The van der Waals surface area contributed by atoms with Crippen molar-refractivity contribution in [1.29, 1.82) is 0 Å². The number of aromatic nitrogens is 1. The monoisotopic (exact) mass is 268 g/mol. The molecule has 1 aromatic rings. The number of nitrogens with one attached hydrogen (secondary N) is 1. The highest BCUT2D eigenvalue weighted by atomic mass is 32.1. The van der Waals surface area contributed by atoms with Crippen LogP contribution in [0.3, 0.4) is 0 Å². The maximum atomic E-state index is 9.41. The molecular formula is C14H24N2OS. The average molecular weight is 268 g/mol. The zero-order chi connectivity index (χ0) is 13.2. The number of nitrogens with zero attached hydrogens (tertiary/aromatic N) is 1. The Kier molecular flexibility index (Phi) is 4.41. The fourth-order valence-corrected chi connectivity index (χ4v) is 3.60. The molecule has 1 aliphatic rings. The lowest BCUT2D eigenvalue weighted by molar-refractivity contribution is 0.198. The van der Waals surface area contributed by atoms with Crippen LogP contribution < -0.4 is 5.32 Å². The van der Waals surface area contributed by atoms with Gasteiger partial charge in [0.25, 0.3) is 0 Å². The number of aliphatic hydroxyl groups is 1. The molecule has 1 atom stereocenters. The van der Waals surface area contributed by atoms with E-state index < -0.39 is 0 Å². The third-order valence-electron chi connectivity index (χ3n) is 3.26. The third-order valence-corrected chi connectivity index (χ3v) is 4.42. The summed E-state index contributed by atoms with van der Waals surface area (Å²) in [5.74, 6) is 0. The number of aryl methyl sites for hydroxylation is 2. The fourth-order valence-electron chi connectivity index (χ4n) is 2.49. The number of fused-ring (bicyclic) bond motifs is 1. The summed E-state index contributed by atoms with van der Waals surface area (Å²) in [6, 6.07) is 0.170. The standard InChI is InChI=1S/C14H24N2OS/c1-14(2,3)7-10(9-17)15-8-13-16-11-5-4-6-12(11)18-13/h10,15,17H,4-9H2,1-3H3. The highest BCUT2D eigenvalue weighted by Gasteiger charge is 2.20. The molecule has 1 aliphatic carbocycles. The second-order valence-corrected chi connectivity index (χ2v) is 7.52. The number of rotatable bonds is 5. The predicted molar refractivity (Wildman–Crippen MR) is 75.9 cm³/mol. The Morgan fingerprint density at radius 3 is 2.78 bits per heavy atom. The van der Waals surface area contributed by atoms with Crippen molar-refractivity contribution in [1.82, 2.24) is 10.3 Å². The van der Waals surface area contributed by atoms with Crippen LogP contribution in [0.5, 0.6) is 0 Å². The van der Waals surface area contributed by atoms with Crippen LogP contribution in [0.15, 0.2) is 0 Å². The molecule has 4 heteroatoms. The van der Waals surface area contributed by atoms with Crippen molar-refractivity contribution in [3.63, 3.8) is 0 Å². The van der Waals surface area contributed by atoms with E-state index in [-0.39, 0.29) is 18.1 Å². The second kappa shape index (κ2) is 5.68. The molecule has 18 heavy (non-hydrogen) atoms. The molecule has 3 nitrogen and oxygen atoms in total. The number of hydrogen-bond acceptors (Lipinski definition) is 4. The summed E-state index contributed by atoms with van der Waals surface area (Å²) < 4.78 is 0. The minimum Gasteiger partial charge on any atom is -0.395 e. The van der Waals surface area contributed by atoms with E-state index in [4.69, 9.17) is 0 Å². The summed E-state index contributed by atoms with van der Waals surface area (Å²) in [5.41, 5.74) is 1.55. The maximum absolute atomic E-state index is 9.41. The van der Waals surface area contributed by atoms with Gasteiger partial charge in [-0.05, 0) is 31.1 Å². The van der Waals surface area contributed by atoms with Crippen molar-refractivity contribution in [3.8, 4) is 0 Å². The average Bonchev–Trinajstić information content (AvgIpc) is 2.82. The molecule has 0 fully saturated rings. The Morgan fingerprint density at radius 2 is 2.17 bits per heavy atom. The molecule has 0 bridgehead atoms. The van der Waals surface area contributed by atoms with Crippen molar-refractivity contribution < 1.29 is 5.11 Å². The fraction of sp³-hybridized carbons (Fsp3) is 0.786. The first-order valence-electron chi connectivity index (χ1n) is 6.79. The second-order valence-electron chi connectivity index (χ2n) is 6.36. The Morgan fingerprint density at radius 1 is 1.39 bits per heavy atom. The Hall–Kier alpha value is -0.450. The van der Waals surface area contributed by atoms with Gasteiger partial charge in [-0.1, -0.05) is 20.8 Å². The molecular weight excluding hydrogens is 244 g/mol. The zero-order valence-corrected chi connectivity index (χ0v) is 12.4. The van der Waals surface area contributed by atoms with E-state index >= 15 is 0 Å². The third kappa shape index (κ3) is 3.77. The van der Waals surface area contributed by atoms with Crippen molar-refractivity contribution in [2.45, 2.75) is 59.0 Å². The van der Waals surface area contributed by atoms with Crippen LogP contribution in [0.2, 0.25) is 0 Å². The largest absolute Gasteiger partial charge is 0.395 e.